The number of ether oxygens (including phenoxy) is 1. The van der Waals surface area contributed by atoms with Crippen molar-refractivity contribution >= 4 is 23.4 Å². The van der Waals surface area contributed by atoms with Gasteiger partial charge in [0.1, 0.15) is 0 Å². The van der Waals surface area contributed by atoms with Crippen LogP contribution in [0.3, 0.4) is 0 Å². The van der Waals surface area contributed by atoms with E-state index in [4.69, 9.17) is 0 Å². The van der Waals surface area contributed by atoms with E-state index in [1.54, 1.807) is 0 Å². The summed E-state index contributed by atoms with van der Waals surface area (Å²) in [6.07, 6.45) is 1.82. The maximum absolute atomic E-state index is 11.7. The monoisotopic (exact) mass is 293 g/mol. The van der Waals surface area contributed by atoms with Crippen molar-refractivity contribution in [1.82, 2.24) is 5.32 Å². The second-order valence-electron chi connectivity index (χ2n) is 4.86. The Bertz CT molecular complexity index is 458. The molecule has 0 atom stereocenters. The molecule has 0 radical (unpaired) electrons. The number of carbonyl (C=O) groups is 2. The molecule has 0 bridgehead atoms. The molecule has 0 unspecified atom stereocenters. The van der Waals surface area contributed by atoms with Gasteiger partial charge >= 0.3 is 12.0 Å². The molecule has 0 fully saturated rings. The van der Waals surface area contributed by atoms with E-state index in [0.717, 1.165) is 17.8 Å². The minimum absolute atomic E-state index is 0.222. The Hall–Kier alpha value is -2.24. The fourth-order valence-electron chi connectivity index (χ4n) is 1.72. The zero-order chi connectivity index (χ0) is 15.7. The Morgan fingerprint density at radius 2 is 1.81 bits per heavy atom. The fraction of sp³-hybridized carbons (Fsp3) is 0.467. The quantitative estimate of drug-likeness (QED) is 0.597. The minimum Gasteiger partial charge on any atom is -0.469 e. The second kappa shape index (κ2) is 8.84. The SMILES string of the molecule is COC(=O)CCCCNC(=O)Nc1ccc(N(C)C)cc1. The maximum Gasteiger partial charge on any atom is 0.319 e. The second-order valence-corrected chi connectivity index (χ2v) is 4.86. The lowest BCUT2D eigenvalue weighted by Gasteiger charge is -2.13. The zero-order valence-corrected chi connectivity index (χ0v) is 12.8. The summed E-state index contributed by atoms with van der Waals surface area (Å²) in [4.78, 5) is 24.6. The average molecular weight is 293 g/mol. The number of rotatable bonds is 7. The smallest absolute Gasteiger partial charge is 0.319 e. The number of carbonyl (C=O) groups excluding carboxylic acids is 2. The maximum atomic E-state index is 11.7. The van der Waals surface area contributed by atoms with Crippen LogP contribution in [0, 0.1) is 0 Å². The zero-order valence-electron chi connectivity index (χ0n) is 12.8. The third kappa shape index (κ3) is 6.65. The van der Waals surface area contributed by atoms with Crippen LogP contribution in [-0.2, 0) is 9.53 Å². The van der Waals surface area contributed by atoms with E-state index < -0.39 is 0 Å². The minimum atomic E-state index is -0.245. The lowest BCUT2D eigenvalue weighted by molar-refractivity contribution is -0.140. The summed E-state index contributed by atoms with van der Waals surface area (Å²) in [5.74, 6) is -0.222. The molecule has 116 valence electrons. The van der Waals surface area contributed by atoms with Crippen molar-refractivity contribution in [3.8, 4) is 0 Å². The third-order valence-electron chi connectivity index (χ3n) is 2.96. The molecule has 1 aromatic rings. The van der Waals surface area contributed by atoms with Crippen LogP contribution >= 0.6 is 0 Å². The van der Waals surface area contributed by atoms with E-state index in [0.29, 0.717) is 19.4 Å². The Kier molecular flexibility index (Phi) is 7.08. The van der Waals surface area contributed by atoms with Crippen molar-refractivity contribution < 1.29 is 14.3 Å². The lowest BCUT2D eigenvalue weighted by Crippen LogP contribution is -2.29. The van der Waals surface area contributed by atoms with Crippen molar-refractivity contribution in [3.63, 3.8) is 0 Å². The topological polar surface area (TPSA) is 70.7 Å². The van der Waals surface area contributed by atoms with Crippen LogP contribution in [0.25, 0.3) is 0 Å². The Morgan fingerprint density at radius 1 is 1.14 bits per heavy atom. The van der Waals surface area contributed by atoms with Gasteiger partial charge in [0.15, 0.2) is 0 Å². The summed E-state index contributed by atoms with van der Waals surface area (Å²) in [7, 11) is 5.29. The number of benzene rings is 1. The van der Waals surface area contributed by atoms with Crippen molar-refractivity contribution in [2.75, 3.05) is 38.0 Å². The molecule has 1 aromatic carbocycles. The molecule has 21 heavy (non-hydrogen) atoms. The molecule has 0 aliphatic rings. The van der Waals surface area contributed by atoms with Gasteiger partial charge in [0, 0.05) is 38.4 Å². The van der Waals surface area contributed by atoms with Crippen LogP contribution in [0.5, 0.6) is 0 Å². The van der Waals surface area contributed by atoms with E-state index in [1.165, 1.54) is 7.11 Å². The van der Waals surface area contributed by atoms with Gasteiger partial charge in [-0.25, -0.2) is 4.79 Å². The molecule has 0 aliphatic carbocycles. The highest BCUT2D eigenvalue weighted by atomic mass is 16.5. The lowest BCUT2D eigenvalue weighted by atomic mass is 10.2. The van der Waals surface area contributed by atoms with Crippen LogP contribution in [0.2, 0.25) is 0 Å². The van der Waals surface area contributed by atoms with Crippen LogP contribution in [0.4, 0.5) is 16.2 Å². The summed E-state index contributed by atoms with van der Waals surface area (Å²) < 4.78 is 4.54. The first-order valence-corrected chi connectivity index (χ1v) is 6.92. The summed E-state index contributed by atoms with van der Waals surface area (Å²) in [6, 6.07) is 7.33. The molecule has 1 rings (SSSR count). The predicted octanol–water partition coefficient (Wildman–Crippen LogP) is 2.22. The number of esters is 1. The van der Waals surface area contributed by atoms with Crippen molar-refractivity contribution in [1.29, 1.82) is 0 Å². The number of nitrogens with one attached hydrogen (secondary N) is 2. The first-order chi connectivity index (χ1) is 10.0. The van der Waals surface area contributed by atoms with Gasteiger partial charge in [0.05, 0.1) is 7.11 Å². The largest absolute Gasteiger partial charge is 0.469 e. The molecule has 0 heterocycles. The van der Waals surface area contributed by atoms with Gasteiger partial charge in [0.25, 0.3) is 0 Å². The van der Waals surface area contributed by atoms with E-state index in [9.17, 15) is 9.59 Å². The fourth-order valence-corrected chi connectivity index (χ4v) is 1.72. The van der Waals surface area contributed by atoms with E-state index >= 15 is 0 Å². The Morgan fingerprint density at radius 3 is 2.38 bits per heavy atom. The first kappa shape index (κ1) is 16.8. The number of hydrogen-bond acceptors (Lipinski definition) is 4. The normalized spacial score (nSPS) is 9.86. The molecule has 0 spiro atoms. The van der Waals surface area contributed by atoms with Gasteiger partial charge in [-0.3, -0.25) is 4.79 Å². The van der Waals surface area contributed by atoms with Crippen molar-refractivity contribution in [2.45, 2.75) is 19.3 Å². The van der Waals surface area contributed by atoms with Gasteiger partial charge in [0.2, 0.25) is 0 Å². The number of unbranched alkanes of at least 4 members (excludes halogenated alkanes) is 1. The number of nitrogens with zero attached hydrogens (tertiary/aromatic N) is 1. The molecule has 0 aliphatic heterocycles. The summed E-state index contributed by atoms with van der Waals surface area (Å²) in [6.45, 7) is 0.526. The number of urea groups is 1. The van der Waals surface area contributed by atoms with Crippen molar-refractivity contribution in [3.05, 3.63) is 24.3 Å². The highest BCUT2D eigenvalue weighted by molar-refractivity contribution is 5.89. The molecule has 2 amide bonds. The molecule has 2 N–H and O–H groups in total. The molecule has 0 saturated heterocycles. The van der Waals surface area contributed by atoms with Crippen LogP contribution < -0.4 is 15.5 Å². The molecule has 6 heteroatoms. The molecular weight excluding hydrogens is 270 g/mol. The van der Waals surface area contributed by atoms with E-state index in [-0.39, 0.29) is 12.0 Å². The van der Waals surface area contributed by atoms with E-state index in [2.05, 4.69) is 15.4 Å². The van der Waals surface area contributed by atoms with Gasteiger partial charge in [-0.2, -0.15) is 0 Å². The standard InChI is InChI=1S/C15H23N3O3/c1-18(2)13-9-7-12(8-10-13)17-15(20)16-11-5-4-6-14(19)21-3/h7-10H,4-6,11H2,1-3H3,(H2,16,17,20). The van der Waals surface area contributed by atoms with Gasteiger partial charge in [-0.15, -0.1) is 0 Å². The van der Waals surface area contributed by atoms with Crippen LogP contribution in [0.1, 0.15) is 19.3 Å². The number of amides is 2. The van der Waals surface area contributed by atoms with Crippen LogP contribution in [-0.4, -0.2) is 39.8 Å². The van der Waals surface area contributed by atoms with Crippen molar-refractivity contribution in [2.24, 2.45) is 0 Å². The third-order valence-corrected chi connectivity index (χ3v) is 2.96. The highest BCUT2D eigenvalue weighted by Gasteiger charge is 2.03. The van der Waals surface area contributed by atoms with Gasteiger partial charge in [-0.1, -0.05) is 0 Å². The molecule has 6 nitrogen and oxygen atoms in total. The van der Waals surface area contributed by atoms with E-state index in [1.807, 2.05) is 43.3 Å². The Balaban J connectivity index is 2.23. The van der Waals surface area contributed by atoms with Gasteiger partial charge in [-0.05, 0) is 37.1 Å². The summed E-state index contributed by atoms with van der Waals surface area (Å²) >= 11 is 0. The van der Waals surface area contributed by atoms with Crippen LogP contribution in [0.15, 0.2) is 24.3 Å². The first-order valence-electron chi connectivity index (χ1n) is 6.92. The molecule has 0 saturated carbocycles. The summed E-state index contributed by atoms with van der Waals surface area (Å²) in [5.41, 5.74) is 1.82. The highest BCUT2D eigenvalue weighted by Crippen LogP contribution is 2.15. The predicted molar refractivity (Wildman–Crippen MR) is 83.7 cm³/mol. The number of anilines is 2. The summed E-state index contributed by atoms with van der Waals surface area (Å²) in [5, 5.41) is 5.51. The van der Waals surface area contributed by atoms with Gasteiger partial charge < -0.3 is 20.3 Å². The number of methoxy groups -OCH3 is 1. The number of hydrogen-bond donors (Lipinski definition) is 2. The Labute approximate surface area is 125 Å². The molecular formula is C15H23N3O3. The molecule has 0 aromatic heterocycles. The average Bonchev–Trinajstić information content (AvgIpc) is 2.47.